The number of hydrogen-bond acceptors (Lipinski definition) is 4. The zero-order valence-corrected chi connectivity index (χ0v) is 14.3. The van der Waals surface area contributed by atoms with Gasteiger partial charge in [0, 0.05) is 37.1 Å². The lowest BCUT2D eigenvalue weighted by molar-refractivity contribution is 0.811. The van der Waals surface area contributed by atoms with Crippen LogP contribution in [0.3, 0.4) is 0 Å². The third-order valence-electron chi connectivity index (χ3n) is 3.78. The molecular weight excluding hydrogens is 272 g/mol. The molecule has 0 fully saturated rings. The second-order valence-corrected chi connectivity index (χ2v) is 5.42. The minimum atomic E-state index is 0.811. The Bertz CT molecular complexity index is 620. The Morgan fingerprint density at radius 1 is 0.909 bits per heavy atom. The minimum Gasteiger partial charge on any atom is -0.341 e. The molecule has 4 heteroatoms. The predicted octanol–water partition coefficient (Wildman–Crippen LogP) is 4.10. The van der Waals surface area contributed by atoms with Gasteiger partial charge in [0.2, 0.25) is 5.95 Å². The molecule has 1 heterocycles. The molecule has 0 N–H and O–H groups in total. The van der Waals surface area contributed by atoms with E-state index in [0.717, 1.165) is 37.1 Å². The van der Waals surface area contributed by atoms with Crippen molar-refractivity contribution < 1.29 is 0 Å². The van der Waals surface area contributed by atoms with Crippen molar-refractivity contribution in [2.45, 2.75) is 34.6 Å². The van der Waals surface area contributed by atoms with E-state index in [1.54, 1.807) is 0 Å². The van der Waals surface area contributed by atoms with E-state index in [-0.39, 0.29) is 0 Å². The average Bonchev–Trinajstić information content (AvgIpc) is 2.49. The van der Waals surface area contributed by atoms with Crippen LogP contribution >= 0.6 is 0 Å². The van der Waals surface area contributed by atoms with Crippen LogP contribution in [0.4, 0.5) is 17.5 Å². The lowest BCUT2D eigenvalue weighted by atomic mass is 10.2. The van der Waals surface area contributed by atoms with Gasteiger partial charge in [-0.05, 0) is 52.3 Å². The predicted molar refractivity (Wildman–Crippen MR) is 94.2 cm³/mol. The normalized spacial score (nSPS) is 10.6. The molecule has 0 aliphatic heterocycles. The first-order chi connectivity index (χ1) is 10.6. The molecule has 0 bridgehead atoms. The number of rotatable bonds is 6. The molecule has 0 saturated heterocycles. The van der Waals surface area contributed by atoms with E-state index in [0.29, 0.717) is 0 Å². The largest absolute Gasteiger partial charge is 0.341 e. The Kier molecular flexibility index (Phi) is 5.36. The van der Waals surface area contributed by atoms with Crippen LogP contribution in [-0.4, -0.2) is 29.6 Å². The molecule has 0 atom stereocenters. The van der Waals surface area contributed by atoms with Gasteiger partial charge in [0.15, 0.2) is 0 Å². The summed E-state index contributed by atoms with van der Waals surface area (Å²) in [5.74, 6) is 1.77. The maximum Gasteiger partial charge on any atom is 0.227 e. The molecule has 0 unspecified atom stereocenters. The van der Waals surface area contributed by atoms with Gasteiger partial charge in [0.05, 0.1) is 0 Å². The van der Waals surface area contributed by atoms with E-state index in [4.69, 9.17) is 4.98 Å². The summed E-state index contributed by atoms with van der Waals surface area (Å²) in [6, 6.07) is 10.6. The Hall–Kier alpha value is -2.10. The van der Waals surface area contributed by atoms with E-state index in [1.807, 2.05) is 6.92 Å². The first kappa shape index (κ1) is 16.3. The van der Waals surface area contributed by atoms with Gasteiger partial charge in [-0.2, -0.15) is 4.98 Å². The van der Waals surface area contributed by atoms with Crippen LogP contribution in [0.1, 0.15) is 32.0 Å². The highest BCUT2D eigenvalue weighted by atomic mass is 15.3. The molecule has 1 aromatic carbocycles. The van der Waals surface area contributed by atoms with Crippen LogP contribution < -0.4 is 9.80 Å². The zero-order valence-electron chi connectivity index (χ0n) is 14.3. The summed E-state index contributed by atoms with van der Waals surface area (Å²) in [4.78, 5) is 13.8. The summed E-state index contributed by atoms with van der Waals surface area (Å²) >= 11 is 0. The topological polar surface area (TPSA) is 32.3 Å². The third kappa shape index (κ3) is 3.56. The molecule has 0 saturated carbocycles. The van der Waals surface area contributed by atoms with Gasteiger partial charge >= 0.3 is 0 Å². The van der Waals surface area contributed by atoms with Crippen molar-refractivity contribution in [1.29, 1.82) is 0 Å². The Morgan fingerprint density at radius 2 is 1.64 bits per heavy atom. The van der Waals surface area contributed by atoms with E-state index >= 15 is 0 Å². The zero-order chi connectivity index (χ0) is 16.1. The molecule has 0 aliphatic rings. The van der Waals surface area contributed by atoms with E-state index in [1.165, 1.54) is 11.3 Å². The first-order valence-electron chi connectivity index (χ1n) is 8.03. The van der Waals surface area contributed by atoms with Gasteiger partial charge in [-0.15, -0.1) is 0 Å². The fourth-order valence-electron chi connectivity index (χ4n) is 2.60. The summed E-state index contributed by atoms with van der Waals surface area (Å²) in [7, 11) is 0. The molecule has 0 radical (unpaired) electrons. The summed E-state index contributed by atoms with van der Waals surface area (Å²) in [5, 5.41) is 0. The fourth-order valence-corrected chi connectivity index (χ4v) is 2.60. The molecule has 0 aliphatic carbocycles. The van der Waals surface area contributed by atoms with Crippen molar-refractivity contribution >= 4 is 17.5 Å². The fraction of sp³-hybridized carbons (Fsp3) is 0.444. The lowest BCUT2D eigenvalue weighted by Gasteiger charge is -2.25. The molecule has 118 valence electrons. The van der Waals surface area contributed by atoms with Crippen LogP contribution in [-0.2, 0) is 0 Å². The highest BCUT2D eigenvalue weighted by Gasteiger charge is 2.13. The van der Waals surface area contributed by atoms with Crippen molar-refractivity contribution in [2.24, 2.45) is 0 Å². The quantitative estimate of drug-likeness (QED) is 0.804. The van der Waals surface area contributed by atoms with Crippen LogP contribution in [0.5, 0.6) is 0 Å². The third-order valence-corrected chi connectivity index (χ3v) is 3.78. The molecular formula is C18H26N4. The summed E-state index contributed by atoms with van der Waals surface area (Å²) in [6.07, 6.45) is 0. The van der Waals surface area contributed by atoms with Crippen LogP contribution in [0, 0.1) is 13.8 Å². The first-order valence-corrected chi connectivity index (χ1v) is 8.03. The van der Waals surface area contributed by atoms with E-state index in [9.17, 15) is 0 Å². The van der Waals surface area contributed by atoms with Crippen LogP contribution in [0.15, 0.2) is 30.3 Å². The van der Waals surface area contributed by atoms with Gasteiger partial charge in [-0.3, -0.25) is 0 Å². The molecule has 22 heavy (non-hydrogen) atoms. The molecule has 2 rings (SSSR count). The van der Waals surface area contributed by atoms with Gasteiger partial charge in [0.25, 0.3) is 0 Å². The number of anilines is 3. The smallest absolute Gasteiger partial charge is 0.227 e. The molecule has 2 aromatic rings. The minimum absolute atomic E-state index is 0.811. The monoisotopic (exact) mass is 298 g/mol. The highest BCUT2D eigenvalue weighted by molar-refractivity contribution is 5.62. The van der Waals surface area contributed by atoms with Crippen molar-refractivity contribution in [3.63, 3.8) is 0 Å². The number of aromatic nitrogens is 2. The van der Waals surface area contributed by atoms with Crippen molar-refractivity contribution in [3.05, 3.63) is 41.6 Å². The lowest BCUT2D eigenvalue weighted by Crippen LogP contribution is -2.26. The standard InChI is InChI=1S/C18H26N4/c1-6-21(7-2)18-19-15(5)13-17(20-18)22(8-3)16-11-9-10-14(4)12-16/h9-13H,6-8H2,1-5H3. The Morgan fingerprint density at radius 3 is 2.23 bits per heavy atom. The summed E-state index contributed by atoms with van der Waals surface area (Å²) < 4.78 is 0. The summed E-state index contributed by atoms with van der Waals surface area (Å²) in [5.41, 5.74) is 3.43. The maximum absolute atomic E-state index is 4.79. The van der Waals surface area contributed by atoms with Crippen molar-refractivity contribution in [2.75, 3.05) is 29.4 Å². The van der Waals surface area contributed by atoms with Gasteiger partial charge < -0.3 is 9.80 Å². The average molecular weight is 298 g/mol. The van der Waals surface area contributed by atoms with E-state index < -0.39 is 0 Å². The number of aryl methyl sites for hydroxylation is 2. The Labute approximate surface area is 133 Å². The number of hydrogen-bond donors (Lipinski definition) is 0. The highest BCUT2D eigenvalue weighted by Crippen LogP contribution is 2.26. The van der Waals surface area contributed by atoms with Crippen LogP contribution in [0.25, 0.3) is 0 Å². The molecule has 4 nitrogen and oxygen atoms in total. The number of nitrogens with zero attached hydrogens (tertiary/aromatic N) is 4. The molecule has 1 aromatic heterocycles. The van der Waals surface area contributed by atoms with Gasteiger partial charge in [0.1, 0.15) is 5.82 Å². The Balaban J connectivity index is 2.45. The van der Waals surface area contributed by atoms with Crippen LogP contribution in [0.2, 0.25) is 0 Å². The SMILES string of the molecule is CCN(CC)c1nc(C)cc(N(CC)c2cccc(C)c2)n1. The second kappa shape index (κ2) is 7.25. The van der Waals surface area contributed by atoms with Gasteiger partial charge in [-0.25, -0.2) is 4.98 Å². The van der Waals surface area contributed by atoms with E-state index in [2.05, 4.69) is 72.8 Å². The maximum atomic E-state index is 4.79. The molecule has 0 spiro atoms. The molecule has 0 amide bonds. The second-order valence-electron chi connectivity index (χ2n) is 5.42. The number of benzene rings is 1. The van der Waals surface area contributed by atoms with Crippen molar-refractivity contribution in [1.82, 2.24) is 9.97 Å². The van der Waals surface area contributed by atoms with Gasteiger partial charge in [-0.1, -0.05) is 12.1 Å². The summed E-state index contributed by atoms with van der Waals surface area (Å²) in [6.45, 7) is 13.3. The van der Waals surface area contributed by atoms with Crippen molar-refractivity contribution in [3.8, 4) is 0 Å².